The zero-order valence-electron chi connectivity index (χ0n) is 10.9. The molecule has 2 rings (SSSR count). The summed E-state index contributed by atoms with van der Waals surface area (Å²) in [7, 11) is 0. The van der Waals surface area contributed by atoms with Crippen LogP contribution in [-0.2, 0) is 11.2 Å². The second-order valence-electron chi connectivity index (χ2n) is 4.67. The number of ether oxygens (including phenoxy) is 1. The zero-order valence-corrected chi connectivity index (χ0v) is 10.9. The fourth-order valence-corrected chi connectivity index (χ4v) is 2.83. The van der Waals surface area contributed by atoms with Crippen molar-refractivity contribution in [1.82, 2.24) is 5.32 Å². The quantitative estimate of drug-likeness (QED) is 0.815. The van der Waals surface area contributed by atoms with Gasteiger partial charge in [-0.1, -0.05) is 31.2 Å². The predicted molar refractivity (Wildman–Crippen MR) is 71.5 cm³/mol. The molecule has 1 aliphatic rings. The van der Waals surface area contributed by atoms with Crippen molar-refractivity contribution in [3.05, 3.63) is 35.4 Å². The lowest BCUT2D eigenvalue weighted by molar-refractivity contribution is 0.114. The van der Waals surface area contributed by atoms with E-state index >= 15 is 0 Å². The zero-order chi connectivity index (χ0) is 12.1. The third kappa shape index (κ3) is 2.88. The summed E-state index contributed by atoms with van der Waals surface area (Å²) in [5.41, 5.74) is 3.05. The predicted octanol–water partition coefficient (Wildman–Crippen LogP) is 2.73. The van der Waals surface area contributed by atoms with E-state index in [4.69, 9.17) is 4.74 Å². The van der Waals surface area contributed by atoms with Crippen LogP contribution < -0.4 is 5.32 Å². The Bertz CT molecular complexity index is 351. The molecule has 0 fully saturated rings. The van der Waals surface area contributed by atoms with Gasteiger partial charge in [0.15, 0.2) is 0 Å². The Hall–Kier alpha value is -0.860. The normalized spacial score (nSPS) is 20.2. The van der Waals surface area contributed by atoms with E-state index in [9.17, 15) is 0 Å². The van der Waals surface area contributed by atoms with Gasteiger partial charge >= 0.3 is 0 Å². The van der Waals surface area contributed by atoms with Crippen molar-refractivity contribution in [1.29, 1.82) is 0 Å². The molecule has 2 nitrogen and oxygen atoms in total. The number of aryl methyl sites for hydroxylation is 1. The second kappa shape index (κ2) is 6.18. The number of likely N-dealkylation sites (N-methyl/N-ethyl adjacent to an activating group) is 1. The van der Waals surface area contributed by atoms with Gasteiger partial charge in [0.05, 0.1) is 6.61 Å². The van der Waals surface area contributed by atoms with Gasteiger partial charge in [-0.2, -0.15) is 0 Å². The van der Waals surface area contributed by atoms with E-state index < -0.39 is 0 Å². The standard InChI is InChI=1S/C15H23NO/c1-3-16-15(11-17-4-2)14-10-9-12-7-5-6-8-13(12)14/h5-8,14-16H,3-4,9-11H2,1-2H3. The minimum absolute atomic E-state index is 0.462. The number of hydrogen-bond donors (Lipinski definition) is 1. The highest BCUT2D eigenvalue weighted by atomic mass is 16.5. The Morgan fingerprint density at radius 1 is 1.35 bits per heavy atom. The highest BCUT2D eigenvalue weighted by Gasteiger charge is 2.28. The fraction of sp³-hybridized carbons (Fsp3) is 0.600. The van der Waals surface area contributed by atoms with Crippen LogP contribution in [-0.4, -0.2) is 25.8 Å². The number of rotatable bonds is 6. The van der Waals surface area contributed by atoms with Crippen LogP contribution in [0.5, 0.6) is 0 Å². The molecule has 1 aromatic carbocycles. The molecule has 2 unspecified atom stereocenters. The summed E-state index contributed by atoms with van der Waals surface area (Å²) in [6.45, 7) is 6.86. The molecule has 94 valence electrons. The van der Waals surface area contributed by atoms with Crippen LogP contribution in [0.3, 0.4) is 0 Å². The number of hydrogen-bond acceptors (Lipinski definition) is 2. The summed E-state index contributed by atoms with van der Waals surface area (Å²) in [4.78, 5) is 0. The van der Waals surface area contributed by atoms with Crippen molar-refractivity contribution in [3.8, 4) is 0 Å². The maximum atomic E-state index is 5.61. The molecule has 0 aromatic heterocycles. The monoisotopic (exact) mass is 233 g/mol. The van der Waals surface area contributed by atoms with E-state index in [1.165, 1.54) is 24.0 Å². The van der Waals surface area contributed by atoms with Crippen LogP contribution in [0.4, 0.5) is 0 Å². The van der Waals surface area contributed by atoms with Crippen molar-refractivity contribution in [2.24, 2.45) is 0 Å². The summed E-state index contributed by atoms with van der Waals surface area (Å²) in [6.07, 6.45) is 2.47. The Kier molecular flexibility index (Phi) is 4.57. The van der Waals surface area contributed by atoms with Crippen LogP contribution in [0.15, 0.2) is 24.3 Å². The largest absolute Gasteiger partial charge is 0.380 e. The highest BCUT2D eigenvalue weighted by Crippen LogP contribution is 2.35. The maximum absolute atomic E-state index is 5.61. The van der Waals surface area contributed by atoms with Crippen LogP contribution in [0.2, 0.25) is 0 Å². The molecule has 17 heavy (non-hydrogen) atoms. The smallest absolute Gasteiger partial charge is 0.0625 e. The molecule has 1 aromatic rings. The minimum atomic E-state index is 0.462. The first kappa shape index (κ1) is 12.6. The number of nitrogens with one attached hydrogen (secondary N) is 1. The van der Waals surface area contributed by atoms with Crippen molar-refractivity contribution in [2.75, 3.05) is 19.8 Å². The van der Waals surface area contributed by atoms with Gasteiger partial charge in [-0.25, -0.2) is 0 Å². The third-order valence-corrected chi connectivity index (χ3v) is 3.63. The molecule has 0 heterocycles. The van der Waals surface area contributed by atoms with E-state index in [2.05, 4.69) is 43.4 Å². The average Bonchev–Trinajstić information content (AvgIpc) is 2.78. The molecule has 0 spiro atoms. The number of benzene rings is 1. The van der Waals surface area contributed by atoms with Crippen LogP contribution in [0.1, 0.15) is 37.3 Å². The lowest BCUT2D eigenvalue weighted by Gasteiger charge is -2.25. The van der Waals surface area contributed by atoms with Crippen molar-refractivity contribution in [3.63, 3.8) is 0 Å². The van der Waals surface area contributed by atoms with Gasteiger partial charge in [0.25, 0.3) is 0 Å². The molecule has 0 radical (unpaired) electrons. The van der Waals surface area contributed by atoms with E-state index in [1.54, 1.807) is 0 Å². The molecule has 0 bridgehead atoms. The first-order valence-corrected chi connectivity index (χ1v) is 6.75. The second-order valence-corrected chi connectivity index (χ2v) is 4.67. The molecule has 0 amide bonds. The molecule has 1 aliphatic carbocycles. The minimum Gasteiger partial charge on any atom is -0.380 e. The van der Waals surface area contributed by atoms with Crippen LogP contribution in [0, 0.1) is 0 Å². The van der Waals surface area contributed by atoms with Crippen molar-refractivity contribution in [2.45, 2.75) is 38.6 Å². The lowest BCUT2D eigenvalue weighted by Crippen LogP contribution is -2.38. The molecular formula is C15H23NO. The first-order chi connectivity index (χ1) is 8.36. The van der Waals surface area contributed by atoms with Crippen molar-refractivity contribution < 1.29 is 4.74 Å². The van der Waals surface area contributed by atoms with Gasteiger partial charge in [0.1, 0.15) is 0 Å². The molecule has 0 saturated carbocycles. The molecule has 2 heteroatoms. The molecule has 2 atom stereocenters. The molecule has 0 saturated heterocycles. The Morgan fingerprint density at radius 3 is 2.94 bits per heavy atom. The van der Waals surface area contributed by atoms with Gasteiger partial charge < -0.3 is 10.1 Å². The van der Waals surface area contributed by atoms with Crippen LogP contribution >= 0.6 is 0 Å². The lowest BCUT2D eigenvalue weighted by atomic mass is 9.93. The third-order valence-electron chi connectivity index (χ3n) is 3.63. The average molecular weight is 233 g/mol. The fourth-order valence-electron chi connectivity index (χ4n) is 2.83. The maximum Gasteiger partial charge on any atom is 0.0625 e. The molecule has 0 aliphatic heterocycles. The Morgan fingerprint density at radius 2 is 2.18 bits per heavy atom. The van der Waals surface area contributed by atoms with E-state index in [-0.39, 0.29) is 0 Å². The van der Waals surface area contributed by atoms with E-state index in [0.29, 0.717) is 12.0 Å². The topological polar surface area (TPSA) is 21.3 Å². The van der Waals surface area contributed by atoms with E-state index in [1.807, 2.05) is 0 Å². The van der Waals surface area contributed by atoms with E-state index in [0.717, 1.165) is 19.8 Å². The SMILES string of the molecule is CCNC(COCC)C1CCc2ccccc21. The highest BCUT2D eigenvalue weighted by molar-refractivity contribution is 5.36. The van der Waals surface area contributed by atoms with Crippen LogP contribution in [0.25, 0.3) is 0 Å². The summed E-state index contributed by atoms with van der Waals surface area (Å²) < 4.78 is 5.61. The number of fused-ring (bicyclic) bond motifs is 1. The Labute approximate surface area is 104 Å². The Balaban J connectivity index is 2.09. The van der Waals surface area contributed by atoms with Crippen molar-refractivity contribution >= 4 is 0 Å². The van der Waals surface area contributed by atoms with Gasteiger partial charge in [-0.15, -0.1) is 0 Å². The van der Waals surface area contributed by atoms with Gasteiger partial charge in [0, 0.05) is 18.6 Å². The first-order valence-electron chi connectivity index (χ1n) is 6.75. The van der Waals surface area contributed by atoms with Gasteiger partial charge in [-0.05, 0) is 37.4 Å². The molecule has 1 N–H and O–H groups in total. The summed E-state index contributed by atoms with van der Waals surface area (Å²) in [5, 5.41) is 3.58. The van der Waals surface area contributed by atoms with Gasteiger partial charge in [0.2, 0.25) is 0 Å². The summed E-state index contributed by atoms with van der Waals surface area (Å²) >= 11 is 0. The van der Waals surface area contributed by atoms with Gasteiger partial charge in [-0.3, -0.25) is 0 Å². The summed E-state index contributed by atoms with van der Waals surface area (Å²) in [6, 6.07) is 9.30. The molecular weight excluding hydrogens is 210 g/mol. The summed E-state index contributed by atoms with van der Waals surface area (Å²) in [5.74, 6) is 0.623.